The van der Waals surface area contributed by atoms with Crippen LogP contribution in [0.25, 0.3) is 21.6 Å². The molecule has 10 rings (SSSR count). The Hall–Kier alpha value is -10.5. The van der Waals surface area contributed by atoms with Crippen molar-refractivity contribution in [2.75, 3.05) is 48.8 Å². The Morgan fingerprint density at radius 3 is 1.53 bits per heavy atom. The summed E-state index contributed by atoms with van der Waals surface area (Å²) < 4.78 is 203. The zero-order valence-electron chi connectivity index (χ0n) is 59.1. The molecule has 11 N–H and O–H groups in total. The molecule has 32 nitrogen and oxygen atoms in total. The van der Waals surface area contributed by atoms with E-state index in [1.165, 1.54) is 35.4 Å². The first-order valence-corrected chi connectivity index (χ1v) is 41.5. The Morgan fingerprint density at radius 1 is 0.598 bits per heavy atom. The van der Waals surface area contributed by atoms with Crippen LogP contribution in [0.4, 0.5) is 62.7 Å². The Morgan fingerprint density at radius 2 is 1.07 bits per heavy atom. The van der Waals surface area contributed by atoms with Gasteiger partial charge >= 0.3 is 18.5 Å². The zero-order chi connectivity index (χ0) is 85.3. The highest BCUT2D eigenvalue weighted by molar-refractivity contribution is 7.92. The predicted molar refractivity (Wildman–Crippen MR) is 407 cm³/mol. The normalized spacial score (nSPS) is 13.9. The molecule has 50 heteroatoms. The summed E-state index contributed by atoms with van der Waals surface area (Å²) in [4.78, 5) is 122. The minimum absolute atomic E-state index is 0.00817. The molecule has 1 atom stereocenters. The van der Waals surface area contributed by atoms with Crippen molar-refractivity contribution in [2.45, 2.75) is 82.8 Å². The molecule has 2 aliphatic rings. The lowest BCUT2D eigenvalue weighted by atomic mass is 9.90. The highest BCUT2D eigenvalue weighted by Gasteiger charge is 2.41. The van der Waals surface area contributed by atoms with Crippen LogP contribution in [0.15, 0.2) is 140 Å². The minimum atomic E-state index is -5.48. The van der Waals surface area contributed by atoms with E-state index in [-0.39, 0.29) is 117 Å². The number of alkyl halides is 9. The lowest BCUT2D eigenvalue weighted by Crippen LogP contribution is -2.50. The lowest BCUT2D eigenvalue weighted by Gasteiger charge is -2.28. The van der Waals surface area contributed by atoms with Gasteiger partial charge in [-0.1, -0.05) is 51.4 Å². The average molecular weight is 1810 g/mol. The Kier molecular flexibility index (Phi) is 28.1. The molecule has 5 amide bonds. The number of amides is 5. The molecular weight excluding hydrogens is 1750 g/mol. The number of fused-ring (bicyclic) bond motifs is 1. The van der Waals surface area contributed by atoms with Gasteiger partial charge in [-0.2, -0.15) is 39.5 Å². The van der Waals surface area contributed by atoms with Crippen molar-refractivity contribution in [1.82, 2.24) is 60.8 Å². The Balaban J connectivity index is 0.911. The molecule has 0 fully saturated rings. The van der Waals surface area contributed by atoms with Gasteiger partial charge in [0.25, 0.3) is 47.6 Å². The Labute approximate surface area is 682 Å². The van der Waals surface area contributed by atoms with Gasteiger partial charge in [0.15, 0.2) is 0 Å². The summed E-state index contributed by atoms with van der Waals surface area (Å²) in [5.41, 5.74) is 0.00246. The second-order valence-electron chi connectivity index (χ2n) is 24.9. The van der Waals surface area contributed by atoms with Crippen LogP contribution in [0, 0.1) is 16.0 Å². The second-order valence-corrected chi connectivity index (χ2v) is 35.4. The van der Waals surface area contributed by atoms with Gasteiger partial charge in [-0.05, 0) is 97.6 Å². The van der Waals surface area contributed by atoms with Gasteiger partial charge < -0.3 is 36.6 Å². The van der Waals surface area contributed by atoms with Crippen molar-refractivity contribution >= 4 is 163 Å². The molecule has 622 valence electrons. The fraction of sp³-hybridized carbons (Fsp3) is 0.254. The molecule has 1 aliphatic carbocycles. The lowest BCUT2D eigenvalue weighted by molar-refractivity contribution is -0.384. The third kappa shape index (κ3) is 22.6. The number of nitro benzene ring substituents is 1. The third-order valence-corrected chi connectivity index (χ3v) is 26.5. The highest BCUT2D eigenvalue weighted by atomic mass is 35.5. The van der Waals surface area contributed by atoms with E-state index in [0.717, 1.165) is 54.6 Å². The monoisotopic (exact) mass is 1810 g/mol. The van der Waals surface area contributed by atoms with E-state index < -0.39 is 200 Å². The molecule has 117 heavy (non-hydrogen) atoms. The number of allylic oxidation sites excluding steroid dienone is 2. The van der Waals surface area contributed by atoms with Crippen LogP contribution in [0.3, 0.4) is 0 Å². The molecule has 6 aromatic heterocycles. The van der Waals surface area contributed by atoms with Gasteiger partial charge in [0.05, 0.1) is 61.3 Å². The number of aromatic nitrogens is 3. The number of sulfonamides is 3. The van der Waals surface area contributed by atoms with Crippen LogP contribution in [-0.2, 0) is 85.7 Å². The fourth-order valence-electron chi connectivity index (χ4n) is 10.9. The van der Waals surface area contributed by atoms with Crippen LogP contribution in [0.2, 0.25) is 15.1 Å². The predicted octanol–water partition coefficient (Wildman–Crippen LogP) is 10.7. The van der Waals surface area contributed by atoms with E-state index in [4.69, 9.17) is 34.8 Å². The van der Waals surface area contributed by atoms with Gasteiger partial charge in [0, 0.05) is 119 Å². The summed E-state index contributed by atoms with van der Waals surface area (Å²) in [6, 6.07) is 13.8. The van der Waals surface area contributed by atoms with Crippen LogP contribution in [-0.4, -0.2) is 133 Å². The zero-order valence-corrected chi connectivity index (χ0v) is 66.2. The van der Waals surface area contributed by atoms with Crippen LogP contribution in [0.5, 0.6) is 5.75 Å². The smallest absolute Gasteiger partial charge is 0.417 e. The minimum Gasteiger partial charge on any atom is -0.507 e. The van der Waals surface area contributed by atoms with Crippen LogP contribution in [0.1, 0.15) is 85.7 Å². The maximum Gasteiger partial charge on any atom is 0.417 e. The topological polar surface area (TPSA) is 451 Å². The van der Waals surface area contributed by atoms with Crippen molar-refractivity contribution in [3.05, 3.63) is 190 Å². The summed E-state index contributed by atoms with van der Waals surface area (Å²) >= 11 is 19.4. The van der Waals surface area contributed by atoms with E-state index >= 15 is 8.42 Å². The molecule has 1 unspecified atom stereocenters. The van der Waals surface area contributed by atoms with Gasteiger partial charge in [0.2, 0.25) is 29.3 Å². The van der Waals surface area contributed by atoms with Crippen molar-refractivity contribution in [3.63, 3.8) is 0 Å². The number of rotatable bonds is 35. The number of benzene rings is 2. The van der Waals surface area contributed by atoms with Crippen molar-refractivity contribution in [2.24, 2.45) is 5.92 Å². The van der Waals surface area contributed by atoms with Gasteiger partial charge in [-0.15, -0.1) is 43.7 Å². The van der Waals surface area contributed by atoms with Crippen molar-refractivity contribution in [1.29, 1.82) is 0 Å². The second kappa shape index (κ2) is 37.0. The molecule has 0 saturated carbocycles. The number of thiophene rings is 3. The maximum absolute atomic E-state index is 16.0. The number of ketones is 2. The summed E-state index contributed by atoms with van der Waals surface area (Å²) in [6.07, 6.45) is -10.4. The molecule has 0 spiro atoms. The van der Waals surface area contributed by atoms with Gasteiger partial charge in [-0.3, -0.25) is 60.0 Å². The number of nitro groups is 1. The number of nitrogens with zero attached hydrogens (tertiary/aromatic N) is 6. The quantitative estimate of drug-likeness (QED) is 0.00578. The van der Waals surface area contributed by atoms with Gasteiger partial charge in [-0.25, -0.2) is 40.2 Å². The van der Waals surface area contributed by atoms with Crippen molar-refractivity contribution < 1.29 is 108 Å². The number of anilines is 3. The molecule has 0 radical (unpaired) electrons. The molecular formula is C67H58Cl3F9N16O16S6. The SMILES string of the molecule is O=C(CCCNc1ncc(C(F)(F)F)cc1Cl)NNS(=O)(=O)c1ccc(CNC(=O)c2ccc([N+](=O)[O-])cc2-c2cc(-c3c(O)cccc3C(=O)NCc3ccc(S(=O)(=O)NNC(=O)CCCNc4ncc(C(F)(F)F)cc4Cl)s3)c(S(=O)(=O)N(CN3C=C4C=CC(=O)C(=O)C4C3)NC(=O)CCCNc3ncc(C(F)(F)F)cc3Cl)s2)s1. The number of non-ortho nitro benzene ring substituents is 1. The summed E-state index contributed by atoms with van der Waals surface area (Å²) in [5, 5.41) is 36.6. The number of phenolic OH excluding ortho intramolecular Hbond substituents is 1. The number of hydrogen-bond donors (Lipinski definition) is 11. The largest absolute Gasteiger partial charge is 0.507 e. The summed E-state index contributed by atoms with van der Waals surface area (Å²) in [6.45, 7) is -2.51. The highest BCUT2D eigenvalue weighted by Crippen LogP contribution is 2.47. The third-order valence-electron chi connectivity index (χ3n) is 16.6. The molecule has 8 aromatic rings. The number of carbonyl (C=O) groups is 7. The average Bonchev–Trinajstić information content (AvgIpc) is 1.61. The van der Waals surface area contributed by atoms with E-state index in [2.05, 4.69) is 47.0 Å². The first-order valence-electron chi connectivity index (χ1n) is 33.5. The maximum atomic E-state index is 16.0. The van der Waals surface area contributed by atoms with E-state index in [1.54, 1.807) is 0 Å². The van der Waals surface area contributed by atoms with E-state index in [0.29, 0.717) is 63.9 Å². The molecule has 1 aliphatic heterocycles. The number of hydrazine groups is 3. The van der Waals surface area contributed by atoms with E-state index in [9.17, 15) is 105 Å². The summed E-state index contributed by atoms with van der Waals surface area (Å²) in [7, 11) is -14.5. The Bertz CT molecular complexity index is 5660. The van der Waals surface area contributed by atoms with Gasteiger partial charge in [0.1, 0.15) is 42.5 Å². The van der Waals surface area contributed by atoms with E-state index in [1.807, 2.05) is 20.5 Å². The molecule has 0 bridgehead atoms. The summed E-state index contributed by atoms with van der Waals surface area (Å²) in [5.74, 6) is -9.05. The number of nitrogens with one attached hydrogen (secondary N) is 10. The first-order chi connectivity index (χ1) is 55.0. The number of Topliss-reactive ketones (excluding diaryl/α,β-unsaturated/α-hetero) is 1. The standard InChI is InChI=1S/C67H58Cl3F9N16O16S6/c68-46-21-35(65(71,72)73)26-83-59(46)80-18-2-7-52(98)88-91-115(106,107)55-16-12-39(112-55)29-86-62(102)41-14-11-38(95(104)105)24-43(41)51-25-44(64(114-51)117(110,111)94(33-93-31-34-10-15-50(97)58(101)45(34)32-93)90-54(100)9-4-20-82-61-48(70)23-37(28-85-61)67(77,78)79)57-42(5-1-6-49(57)96)63(103)87-30-40-13-17-56(113-40)116(108,109)92-89-53(99)8-3-19-81-60-47(69)22-36(27-84-60)66(74,75)76/h1,5-6,10-17,21-28,31,45,91-92,96H,2-4,7-9,18-20,29-30,32-33H2,(H,80,83)(H,81,84)(H,82,85)(H,86,102)(H,87,103)(H,88,98)(H,89,99)(H,90,100). The van der Waals surface area contributed by atoms with Crippen LogP contribution < -0.4 is 52.5 Å². The number of pyridine rings is 3. The number of halogens is 12. The molecule has 2 aromatic carbocycles. The van der Waals surface area contributed by atoms with Crippen molar-refractivity contribution in [3.8, 4) is 27.3 Å². The molecule has 7 heterocycles. The first kappa shape index (κ1) is 88.9. The number of aromatic hydroxyl groups is 1. The number of phenols is 1. The molecule has 0 saturated heterocycles. The number of carbonyl (C=O) groups excluding carboxylic acids is 7. The fourth-order valence-corrected chi connectivity index (χ4v) is 19.0. The van der Waals surface area contributed by atoms with Crippen LogP contribution >= 0.6 is 68.8 Å². The number of hydrogen-bond acceptors (Lipinski definition) is 26.